The normalized spacial score (nSPS) is 12.5. The lowest BCUT2D eigenvalue weighted by Crippen LogP contribution is -2.16. The first-order valence-electron chi connectivity index (χ1n) is 7.69. The molecule has 0 aliphatic rings. The van der Waals surface area contributed by atoms with E-state index in [9.17, 15) is 18.9 Å². The van der Waals surface area contributed by atoms with Crippen molar-refractivity contribution in [1.82, 2.24) is 4.40 Å². The van der Waals surface area contributed by atoms with Gasteiger partial charge in [0.05, 0.1) is 5.92 Å². The number of nitrogens with zero attached hydrogens (tertiary/aromatic N) is 2. The van der Waals surface area contributed by atoms with E-state index in [0.29, 0.717) is 5.56 Å². The fourth-order valence-corrected chi connectivity index (χ4v) is 3.10. The Hall–Kier alpha value is -2.96. The molecule has 5 nitrogen and oxygen atoms in total. The maximum absolute atomic E-state index is 12.3. The number of rotatable bonds is 6. The zero-order valence-corrected chi connectivity index (χ0v) is 13.4. The van der Waals surface area contributed by atoms with Gasteiger partial charge in [-0.25, -0.2) is 0 Å². The largest absolute Gasteiger partial charge is 0.435 e. The van der Waals surface area contributed by atoms with Crippen molar-refractivity contribution in [3.63, 3.8) is 0 Å². The van der Waals surface area contributed by atoms with Crippen molar-refractivity contribution < 1.29 is 18.4 Å². The van der Waals surface area contributed by atoms with Crippen LogP contribution in [0, 0.1) is 17.0 Å². The van der Waals surface area contributed by atoms with Crippen LogP contribution in [-0.2, 0) is 0 Å². The number of ether oxygens (including phenoxy) is 1. The highest BCUT2D eigenvalue weighted by Gasteiger charge is 2.25. The van der Waals surface area contributed by atoms with Crippen molar-refractivity contribution >= 4 is 5.52 Å². The predicted octanol–water partition coefficient (Wildman–Crippen LogP) is 4.26. The lowest BCUT2D eigenvalue weighted by Gasteiger charge is -2.16. The summed E-state index contributed by atoms with van der Waals surface area (Å²) < 4.78 is 30.8. The van der Waals surface area contributed by atoms with Crippen molar-refractivity contribution in [2.24, 2.45) is 0 Å². The molecule has 130 valence electrons. The van der Waals surface area contributed by atoms with Gasteiger partial charge >= 0.3 is 6.61 Å². The van der Waals surface area contributed by atoms with Crippen molar-refractivity contribution in [2.75, 3.05) is 6.54 Å². The average molecular weight is 346 g/mol. The number of benzene rings is 1. The molecule has 0 saturated carbocycles. The molecular formula is C18H16F2N2O3. The number of aryl methyl sites for hydroxylation is 1. The highest BCUT2D eigenvalue weighted by atomic mass is 19.3. The Balaban J connectivity index is 2.05. The number of fused-ring (bicyclic) bond motifs is 1. The van der Waals surface area contributed by atoms with Crippen molar-refractivity contribution in [3.05, 3.63) is 81.7 Å². The lowest BCUT2D eigenvalue weighted by atomic mass is 9.93. The van der Waals surface area contributed by atoms with Crippen molar-refractivity contribution in [2.45, 2.75) is 19.5 Å². The summed E-state index contributed by atoms with van der Waals surface area (Å²) in [6, 6.07) is 13.6. The minimum atomic E-state index is -2.91. The van der Waals surface area contributed by atoms with Crippen LogP contribution < -0.4 is 4.74 Å². The smallest absolute Gasteiger partial charge is 0.387 e. The van der Waals surface area contributed by atoms with Crippen LogP contribution in [0.3, 0.4) is 0 Å². The number of alkyl halides is 2. The number of aromatic nitrogens is 1. The van der Waals surface area contributed by atoms with E-state index in [1.165, 1.54) is 12.1 Å². The van der Waals surface area contributed by atoms with Gasteiger partial charge in [0, 0.05) is 22.3 Å². The first-order valence-corrected chi connectivity index (χ1v) is 7.69. The van der Waals surface area contributed by atoms with Crippen LogP contribution in [0.5, 0.6) is 5.75 Å². The van der Waals surface area contributed by atoms with Gasteiger partial charge in [0.25, 0.3) is 0 Å². The second-order valence-electron chi connectivity index (χ2n) is 5.72. The lowest BCUT2D eigenvalue weighted by molar-refractivity contribution is -0.482. The van der Waals surface area contributed by atoms with Crippen LogP contribution in [0.2, 0.25) is 0 Å². The first-order chi connectivity index (χ1) is 12.0. The van der Waals surface area contributed by atoms with Crippen molar-refractivity contribution in [1.29, 1.82) is 0 Å². The Morgan fingerprint density at radius 1 is 1.20 bits per heavy atom. The van der Waals surface area contributed by atoms with Gasteiger partial charge in [-0.15, -0.1) is 0 Å². The van der Waals surface area contributed by atoms with Crippen LogP contribution in [-0.4, -0.2) is 22.5 Å². The SMILES string of the molecule is Cc1cc2ccccn2c1[C@@H](C[N+](=O)[O-])c1ccc(OC(F)F)cc1. The third-order valence-electron chi connectivity index (χ3n) is 4.09. The molecule has 0 spiro atoms. The average Bonchev–Trinajstić information content (AvgIpc) is 2.88. The molecule has 2 heterocycles. The molecule has 1 aromatic carbocycles. The minimum Gasteiger partial charge on any atom is -0.435 e. The van der Waals surface area contributed by atoms with Crippen molar-refractivity contribution in [3.8, 4) is 5.75 Å². The molecule has 0 fully saturated rings. The first kappa shape index (κ1) is 16.9. The van der Waals surface area contributed by atoms with E-state index in [2.05, 4.69) is 4.74 Å². The summed E-state index contributed by atoms with van der Waals surface area (Å²) in [6.07, 6.45) is 1.86. The minimum absolute atomic E-state index is 0.0235. The van der Waals surface area contributed by atoms with Gasteiger partial charge in [-0.1, -0.05) is 18.2 Å². The molecular weight excluding hydrogens is 330 g/mol. The molecule has 0 aliphatic carbocycles. The van der Waals surface area contributed by atoms with Gasteiger partial charge in [0.2, 0.25) is 6.54 Å². The summed E-state index contributed by atoms with van der Waals surface area (Å²) in [5.74, 6) is -0.476. The van der Waals surface area contributed by atoms with E-state index < -0.39 is 12.5 Å². The fourth-order valence-electron chi connectivity index (χ4n) is 3.10. The van der Waals surface area contributed by atoms with Crippen LogP contribution in [0.4, 0.5) is 8.78 Å². The molecule has 0 aliphatic heterocycles. The quantitative estimate of drug-likeness (QED) is 0.495. The highest BCUT2D eigenvalue weighted by Crippen LogP contribution is 2.31. The molecule has 0 unspecified atom stereocenters. The Bertz CT molecular complexity index is 891. The molecule has 0 N–H and O–H groups in total. The Kier molecular flexibility index (Phi) is 4.65. The standard InChI is InChI=1S/C18H16F2N2O3/c1-12-10-14-4-2-3-9-21(14)17(12)16(11-22(23)24)13-5-7-15(8-6-13)25-18(19)20/h2-10,16,18H,11H2,1H3/t16-/m0/s1. The van der Waals surface area contributed by atoms with E-state index in [0.717, 1.165) is 16.8 Å². The van der Waals surface area contributed by atoms with Gasteiger partial charge in [-0.2, -0.15) is 8.78 Å². The molecule has 0 amide bonds. The topological polar surface area (TPSA) is 56.8 Å². The monoisotopic (exact) mass is 346 g/mol. The maximum atomic E-state index is 12.3. The second-order valence-corrected chi connectivity index (χ2v) is 5.72. The summed E-state index contributed by atoms with van der Waals surface area (Å²) in [4.78, 5) is 10.8. The van der Waals surface area contributed by atoms with E-state index in [1.54, 1.807) is 12.1 Å². The van der Waals surface area contributed by atoms with E-state index in [-0.39, 0.29) is 17.2 Å². The summed E-state index contributed by atoms with van der Waals surface area (Å²) in [7, 11) is 0. The number of pyridine rings is 1. The zero-order chi connectivity index (χ0) is 18.0. The fraction of sp³-hybridized carbons (Fsp3) is 0.222. The molecule has 1 atom stereocenters. The molecule has 0 saturated heterocycles. The second kappa shape index (κ2) is 6.88. The summed E-state index contributed by atoms with van der Waals surface area (Å²) in [6.45, 7) is -1.29. The Morgan fingerprint density at radius 2 is 1.92 bits per heavy atom. The zero-order valence-electron chi connectivity index (χ0n) is 13.4. The molecule has 3 rings (SSSR count). The number of halogens is 2. The third kappa shape index (κ3) is 3.60. The van der Waals surface area contributed by atoms with Crippen LogP contribution in [0.25, 0.3) is 5.52 Å². The predicted molar refractivity (Wildman–Crippen MR) is 88.9 cm³/mol. The maximum Gasteiger partial charge on any atom is 0.387 e. The Labute approximate surface area is 142 Å². The van der Waals surface area contributed by atoms with Crippen LogP contribution >= 0.6 is 0 Å². The van der Waals surface area contributed by atoms with Crippen LogP contribution in [0.1, 0.15) is 22.7 Å². The van der Waals surface area contributed by atoms with Gasteiger partial charge in [0.1, 0.15) is 5.75 Å². The number of nitro groups is 1. The van der Waals surface area contributed by atoms with E-state index in [4.69, 9.17) is 0 Å². The van der Waals surface area contributed by atoms with Gasteiger partial charge < -0.3 is 9.14 Å². The molecule has 7 heteroatoms. The van der Waals surface area contributed by atoms with Crippen LogP contribution in [0.15, 0.2) is 54.7 Å². The summed E-state index contributed by atoms with van der Waals surface area (Å²) in [5, 5.41) is 11.2. The summed E-state index contributed by atoms with van der Waals surface area (Å²) >= 11 is 0. The highest BCUT2D eigenvalue weighted by molar-refractivity contribution is 5.55. The third-order valence-corrected chi connectivity index (χ3v) is 4.09. The van der Waals surface area contributed by atoms with Gasteiger partial charge in [-0.05, 0) is 48.4 Å². The number of hydrogen-bond donors (Lipinski definition) is 0. The molecule has 0 radical (unpaired) electrons. The van der Waals surface area contributed by atoms with E-state index >= 15 is 0 Å². The molecule has 3 aromatic rings. The number of hydrogen-bond acceptors (Lipinski definition) is 3. The van der Waals surface area contributed by atoms with Gasteiger partial charge in [0.15, 0.2) is 0 Å². The molecule has 25 heavy (non-hydrogen) atoms. The molecule has 2 aromatic heterocycles. The van der Waals surface area contributed by atoms with E-state index in [1.807, 2.05) is 41.8 Å². The van der Waals surface area contributed by atoms with Gasteiger partial charge in [-0.3, -0.25) is 10.1 Å². The molecule has 0 bridgehead atoms. The summed E-state index contributed by atoms with van der Waals surface area (Å²) in [5.41, 5.74) is 3.37. The Morgan fingerprint density at radius 3 is 2.56 bits per heavy atom.